The van der Waals surface area contributed by atoms with Gasteiger partial charge in [-0.25, -0.2) is 4.98 Å². The van der Waals surface area contributed by atoms with E-state index in [1.54, 1.807) is 0 Å². The van der Waals surface area contributed by atoms with Crippen LogP contribution in [0.3, 0.4) is 0 Å². The van der Waals surface area contributed by atoms with Gasteiger partial charge in [-0.1, -0.05) is 55.0 Å². The van der Waals surface area contributed by atoms with Gasteiger partial charge in [0.25, 0.3) is 0 Å². The van der Waals surface area contributed by atoms with Crippen molar-refractivity contribution in [3.05, 3.63) is 101 Å². The Morgan fingerprint density at radius 2 is 1.58 bits per heavy atom. The maximum absolute atomic E-state index is 11.6. The quantitative estimate of drug-likeness (QED) is 0.122. The van der Waals surface area contributed by atoms with E-state index in [9.17, 15) is 4.79 Å². The summed E-state index contributed by atoms with van der Waals surface area (Å²) in [6.07, 6.45) is 5.80. The summed E-state index contributed by atoms with van der Waals surface area (Å²) < 4.78 is 17.3. The predicted octanol–water partition coefficient (Wildman–Crippen LogP) is 7.15. The number of hydrogen-bond donors (Lipinski definition) is 0. The highest BCUT2D eigenvalue weighted by Crippen LogP contribution is 2.27. The molecule has 0 spiro atoms. The highest BCUT2D eigenvalue weighted by molar-refractivity contribution is 5.70. The van der Waals surface area contributed by atoms with E-state index in [0.29, 0.717) is 24.7 Å². The van der Waals surface area contributed by atoms with Crippen LogP contribution in [0.2, 0.25) is 0 Å². The molecule has 0 saturated carbocycles. The topological polar surface area (TPSA) is 61.6 Å². The third-order valence-corrected chi connectivity index (χ3v) is 6.06. The first-order valence-electron chi connectivity index (χ1n) is 12.6. The molecule has 0 bridgehead atoms. The smallest absolute Gasteiger partial charge is 0.308 e. The third-order valence-electron chi connectivity index (χ3n) is 6.06. The van der Waals surface area contributed by atoms with Gasteiger partial charge in [-0.15, -0.1) is 0 Å². The Balaban J connectivity index is 1.32. The van der Waals surface area contributed by atoms with E-state index in [2.05, 4.69) is 29.2 Å². The monoisotopic (exact) mass is 483 g/mol. The third kappa shape index (κ3) is 7.32. The Bertz CT molecular complexity index is 1250. The van der Waals surface area contributed by atoms with Crippen LogP contribution in [0.25, 0.3) is 11.5 Å². The van der Waals surface area contributed by atoms with Gasteiger partial charge >= 0.3 is 5.97 Å². The largest absolute Gasteiger partial charge is 0.493 e. The molecular weight excluding hydrogens is 450 g/mol. The van der Waals surface area contributed by atoms with Crippen molar-refractivity contribution in [3.8, 4) is 23.0 Å². The fraction of sp³-hybridized carbons (Fsp3) is 0.290. The SMILES string of the molecule is CC(=O)Oc1ccc(OCCc2nc(-c3ccccc3)oc2C)cc1CCCCCc1ccccc1. The molecule has 5 nitrogen and oxygen atoms in total. The molecule has 3 aromatic carbocycles. The van der Waals surface area contributed by atoms with E-state index in [4.69, 9.17) is 13.9 Å². The average molecular weight is 484 g/mol. The van der Waals surface area contributed by atoms with Gasteiger partial charge in [0.1, 0.15) is 17.3 Å². The van der Waals surface area contributed by atoms with Crippen LogP contribution >= 0.6 is 0 Å². The lowest BCUT2D eigenvalue weighted by Crippen LogP contribution is -2.06. The second-order valence-corrected chi connectivity index (χ2v) is 8.90. The minimum Gasteiger partial charge on any atom is -0.493 e. The van der Waals surface area contributed by atoms with Gasteiger partial charge < -0.3 is 13.9 Å². The number of hydrogen-bond acceptors (Lipinski definition) is 5. The maximum Gasteiger partial charge on any atom is 0.308 e. The van der Waals surface area contributed by atoms with Gasteiger partial charge in [0.2, 0.25) is 5.89 Å². The zero-order chi connectivity index (χ0) is 25.2. The number of nitrogens with zero attached hydrogens (tertiary/aromatic N) is 1. The van der Waals surface area contributed by atoms with Crippen LogP contribution in [-0.4, -0.2) is 17.6 Å². The number of carbonyl (C=O) groups excluding carboxylic acids is 1. The highest BCUT2D eigenvalue weighted by atomic mass is 16.5. The number of rotatable bonds is 12. The molecule has 1 heterocycles. The lowest BCUT2D eigenvalue weighted by Gasteiger charge is -2.12. The molecule has 0 N–H and O–H groups in total. The van der Waals surface area contributed by atoms with E-state index in [0.717, 1.165) is 60.4 Å². The molecule has 0 aliphatic rings. The molecule has 0 saturated heterocycles. The van der Waals surface area contributed by atoms with Crippen molar-refractivity contribution < 1.29 is 18.7 Å². The molecule has 36 heavy (non-hydrogen) atoms. The van der Waals surface area contributed by atoms with Crippen molar-refractivity contribution in [2.75, 3.05) is 6.61 Å². The molecule has 4 rings (SSSR count). The van der Waals surface area contributed by atoms with Gasteiger partial charge in [0.15, 0.2) is 0 Å². The normalized spacial score (nSPS) is 10.8. The molecule has 0 unspecified atom stereocenters. The molecule has 0 aliphatic heterocycles. The summed E-state index contributed by atoms with van der Waals surface area (Å²) in [5.74, 6) is 2.49. The Morgan fingerprint density at radius 1 is 0.861 bits per heavy atom. The van der Waals surface area contributed by atoms with Crippen molar-refractivity contribution in [2.24, 2.45) is 0 Å². The van der Waals surface area contributed by atoms with E-state index >= 15 is 0 Å². The van der Waals surface area contributed by atoms with E-state index < -0.39 is 0 Å². The fourth-order valence-corrected chi connectivity index (χ4v) is 4.19. The Labute approximate surface area is 213 Å². The Hall–Kier alpha value is -3.86. The number of esters is 1. The van der Waals surface area contributed by atoms with Crippen molar-refractivity contribution >= 4 is 5.97 Å². The second-order valence-electron chi connectivity index (χ2n) is 8.90. The Kier molecular flexibility index (Phi) is 8.92. The summed E-state index contributed by atoms with van der Waals surface area (Å²) in [6.45, 7) is 3.83. The van der Waals surface area contributed by atoms with Crippen LogP contribution in [0.4, 0.5) is 0 Å². The van der Waals surface area contributed by atoms with Crippen LogP contribution in [0.1, 0.15) is 48.8 Å². The number of benzene rings is 3. The zero-order valence-corrected chi connectivity index (χ0v) is 21.0. The first-order chi connectivity index (χ1) is 17.6. The average Bonchev–Trinajstić information content (AvgIpc) is 3.26. The van der Waals surface area contributed by atoms with Crippen LogP contribution < -0.4 is 9.47 Å². The first kappa shape index (κ1) is 25.2. The van der Waals surface area contributed by atoms with Crippen LogP contribution in [0.15, 0.2) is 83.3 Å². The highest BCUT2D eigenvalue weighted by Gasteiger charge is 2.12. The number of ether oxygens (including phenoxy) is 2. The number of aryl methyl sites for hydroxylation is 3. The van der Waals surface area contributed by atoms with Crippen molar-refractivity contribution in [3.63, 3.8) is 0 Å². The summed E-state index contributed by atoms with van der Waals surface area (Å²) in [4.78, 5) is 16.2. The van der Waals surface area contributed by atoms with E-state index in [1.165, 1.54) is 12.5 Å². The molecule has 0 amide bonds. The maximum atomic E-state index is 11.6. The predicted molar refractivity (Wildman–Crippen MR) is 141 cm³/mol. The fourth-order valence-electron chi connectivity index (χ4n) is 4.19. The number of aromatic nitrogens is 1. The summed E-state index contributed by atoms with van der Waals surface area (Å²) in [7, 11) is 0. The van der Waals surface area contributed by atoms with Crippen LogP contribution in [-0.2, 0) is 24.1 Å². The molecule has 0 atom stereocenters. The Morgan fingerprint density at radius 3 is 2.33 bits per heavy atom. The molecule has 4 aromatic rings. The summed E-state index contributed by atoms with van der Waals surface area (Å²) in [5.41, 5.74) is 4.21. The number of carbonyl (C=O) groups is 1. The molecule has 5 heteroatoms. The second kappa shape index (κ2) is 12.7. The van der Waals surface area contributed by atoms with Crippen molar-refractivity contribution in [2.45, 2.75) is 52.4 Å². The molecule has 0 aliphatic carbocycles. The molecular formula is C31H33NO4. The summed E-state index contributed by atoms with van der Waals surface area (Å²) in [5, 5.41) is 0. The number of unbranched alkanes of at least 4 members (excludes halogenated alkanes) is 2. The van der Waals surface area contributed by atoms with Gasteiger partial charge in [-0.3, -0.25) is 4.79 Å². The summed E-state index contributed by atoms with van der Waals surface area (Å²) in [6, 6.07) is 26.1. The van der Waals surface area contributed by atoms with E-state index in [-0.39, 0.29) is 5.97 Å². The molecule has 0 radical (unpaired) electrons. The van der Waals surface area contributed by atoms with Crippen molar-refractivity contribution in [1.29, 1.82) is 0 Å². The van der Waals surface area contributed by atoms with Gasteiger partial charge in [-0.05, 0) is 74.1 Å². The van der Waals surface area contributed by atoms with Gasteiger partial charge in [-0.2, -0.15) is 0 Å². The number of oxazole rings is 1. The van der Waals surface area contributed by atoms with Crippen molar-refractivity contribution in [1.82, 2.24) is 4.98 Å². The minimum atomic E-state index is -0.315. The minimum absolute atomic E-state index is 0.315. The zero-order valence-electron chi connectivity index (χ0n) is 21.0. The lowest BCUT2D eigenvalue weighted by atomic mass is 10.0. The van der Waals surface area contributed by atoms with Gasteiger partial charge in [0.05, 0.1) is 12.3 Å². The van der Waals surface area contributed by atoms with Crippen LogP contribution in [0, 0.1) is 6.92 Å². The van der Waals surface area contributed by atoms with Crippen LogP contribution in [0.5, 0.6) is 11.5 Å². The molecule has 1 aromatic heterocycles. The van der Waals surface area contributed by atoms with Gasteiger partial charge in [0, 0.05) is 18.9 Å². The lowest BCUT2D eigenvalue weighted by molar-refractivity contribution is -0.131. The molecule has 0 fully saturated rings. The standard InChI is InChI=1S/C31H33NO4/c1-23-29(32-31(35-23)26-15-9-5-10-16-26)20-21-34-28-18-19-30(36-24(2)33)27(22-28)17-11-4-8-14-25-12-6-3-7-13-25/h3,5-7,9-10,12-13,15-16,18-19,22H,4,8,11,14,17,20-21H2,1-2H3. The van der Waals surface area contributed by atoms with E-state index in [1.807, 2.05) is 61.5 Å². The molecule has 186 valence electrons. The first-order valence-corrected chi connectivity index (χ1v) is 12.6. The summed E-state index contributed by atoms with van der Waals surface area (Å²) >= 11 is 0.